The number of hydrogen-bond donors (Lipinski definition) is 0. The Kier molecular flexibility index (Phi) is 4.96. The van der Waals surface area contributed by atoms with E-state index in [0.717, 1.165) is 34.9 Å². The standard InChI is InChI=1S/C25H27N7O2/c1-28-21-5-3-17(13-19(21)15-26-28)25(18-4-6-22-20(14-18)16-27-29(22)2)30-9-11-31(12-10-30)32-23(33)7-8-24(32)34/h3-6,13-16,25H,7-12H2,1-2H3. The molecule has 0 bridgehead atoms. The highest BCUT2D eigenvalue weighted by Gasteiger charge is 2.37. The third kappa shape index (κ3) is 3.39. The van der Waals surface area contributed by atoms with E-state index in [1.807, 2.05) is 40.9 Å². The fraction of sp³-hybridized carbons (Fsp3) is 0.360. The maximum absolute atomic E-state index is 12.2. The second kappa shape index (κ2) is 8.03. The molecule has 9 nitrogen and oxygen atoms in total. The Labute approximate surface area is 197 Å². The van der Waals surface area contributed by atoms with Gasteiger partial charge in [-0.05, 0) is 35.4 Å². The van der Waals surface area contributed by atoms with Crippen LogP contribution in [0.3, 0.4) is 0 Å². The number of fused-ring (bicyclic) bond motifs is 2. The minimum Gasteiger partial charge on any atom is -0.290 e. The number of piperazine rings is 1. The first kappa shape index (κ1) is 21.0. The van der Waals surface area contributed by atoms with Crippen molar-refractivity contribution in [3.8, 4) is 0 Å². The van der Waals surface area contributed by atoms with E-state index in [4.69, 9.17) is 0 Å². The van der Waals surface area contributed by atoms with Crippen molar-refractivity contribution in [2.45, 2.75) is 18.9 Å². The van der Waals surface area contributed by atoms with Gasteiger partial charge in [0.05, 0.1) is 29.5 Å². The highest BCUT2D eigenvalue weighted by molar-refractivity contribution is 6.01. The van der Waals surface area contributed by atoms with Gasteiger partial charge in [-0.1, -0.05) is 12.1 Å². The number of rotatable bonds is 4. The fourth-order valence-corrected chi connectivity index (χ4v) is 5.37. The molecule has 34 heavy (non-hydrogen) atoms. The van der Waals surface area contributed by atoms with Crippen LogP contribution >= 0.6 is 0 Å². The first-order valence-electron chi connectivity index (χ1n) is 11.7. The summed E-state index contributed by atoms with van der Waals surface area (Å²) >= 11 is 0. The van der Waals surface area contributed by atoms with Crippen LogP contribution in [0.15, 0.2) is 48.8 Å². The predicted molar refractivity (Wildman–Crippen MR) is 128 cm³/mol. The molecule has 0 atom stereocenters. The van der Waals surface area contributed by atoms with Crippen molar-refractivity contribution in [1.82, 2.24) is 34.5 Å². The average Bonchev–Trinajstić information content (AvgIpc) is 3.51. The lowest BCUT2D eigenvalue weighted by Gasteiger charge is -2.42. The number of nitrogens with zero attached hydrogens (tertiary/aromatic N) is 7. The number of imide groups is 1. The SMILES string of the molecule is Cn1ncc2cc(C(c3ccc4c(cnn4C)c3)N3CCN(N4C(=O)CCC4=O)CC3)ccc21. The summed E-state index contributed by atoms with van der Waals surface area (Å²) in [5.74, 6) is -0.168. The summed E-state index contributed by atoms with van der Waals surface area (Å²) in [5.41, 5.74) is 4.60. The molecule has 2 aliphatic heterocycles. The van der Waals surface area contributed by atoms with E-state index in [9.17, 15) is 9.59 Å². The molecule has 2 aromatic heterocycles. The number of aromatic nitrogens is 4. The van der Waals surface area contributed by atoms with Gasteiger partial charge in [-0.2, -0.15) is 10.2 Å². The molecule has 0 N–H and O–H groups in total. The topological polar surface area (TPSA) is 79.5 Å². The van der Waals surface area contributed by atoms with Crippen LogP contribution in [0.2, 0.25) is 0 Å². The Hall–Kier alpha value is -3.56. The molecular weight excluding hydrogens is 430 g/mol. The van der Waals surface area contributed by atoms with Gasteiger partial charge in [0.1, 0.15) is 0 Å². The minimum atomic E-state index is -0.0842. The number of hydrogen-bond acceptors (Lipinski definition) is 6. The lowest BCUT2D eigenvalue weighted by atomic mass is 9.94. The monoisotopic (exact) mass is 457 g/mol. The van der Waals surface area contributed by atoms with Crippen LogP contribution in [0.1, 0.15) is 30.0 Å². The summed E-state index contributed by atoms with van der Waals surface area (Å²) in [4.78, 5) is 26.9. The third-order valence-corrected chi connectivity index (χ3v) is 7.14. The quantitative estimate of drug-likeness (QED) is 0.438. The third-order valence-electron chi connectivity index (χ3n) is 7.14. The summed E-state index contributed by atoms with van der Waals surface area (Å²) in [6.45, 7) is 2.77. The van der Waals surface area contributed by atoms with Crippen molar-refractivity contribution in [1.29, 1.82) is 0 Å². The Morgan fingerprint density at radius 2 is 1.24 bits per heavy atom. The number of amides is 2. The zero-order valence-corrected chi connectivity index (χ0v) is 19.4. The van der Waals surface area contributed by atoms with Gasteiger partial charge in [-0.15, -0.1) is 0 Å². The van der Waals surface area contributed by atoms with Crippen LogP contribution in [0.25, 0.3) is 21.8 Å². The molecule has 2 aromatic carbocycles. The van der Waals surface area contributed by atoms with E-state index in [2.05, 4.69) is 51.5 Å². The zero-order chi connectivity index (χ0) is 23.4. The fourth-order valence-electron chi connectivity index (χ4n) is 5.37. The molecule has 4 aromatic rings. The molecular formula is C25H27N7O2. The number of carbonyl (C=O) groups is 2. The molecule has 2 aliphatic rings. The summed E-state index contributed by atoms with van der Waals surface area (Å²) in [7, 11) is 3.91. The number of aryl methyl sites for hydroxylation is 2. The zero-order valence-electron chi connectivity index (χ0n) is 19.4. The minimum absolute atomic E-state index is 0.0429. The first-order valence-corrected chi connectivity index (χ1v) is 11.7. The van der Waals surface area contributed by atoms with E-state index in [1.54, 1.807) is 0 Å². The maximum Gasteiger partial charge on any atom is 0.244 e. The average molecular weight is 458 g/mol. The van der Waals surface area contributed by atoms with Gasteiger partial charge in [-0.25, -0.2) is 10.0 Å². The van der Waals surface area contributed by atoms with Crippen LogP contribution in [0.5, 0.6) is 0 Å². The summed E-state index contributed by atoms with van der Waals surface area (Å²) in [6, 6.07) is 13.1. The predicted octanol–water partition coefficient (Wildman–Crippen LogP) is 2.23. The highest BCUT2D eigenvalue weighted by Crippen LogP contribution is 2.33. The van der Waals surface area contributed by atoms with Crippen molar-refractivity contribution in [3.63, 3.8) is 0 Å². The Morgan fingerprint density at radius 1 is 0.735 bits per heavy atom. The number of benzene rings is 2. The summed E-state index contributed by atoms with van der Waals surface area (Å²) in [5, 5.41) is 14.3. The van der Waals surface area contributed by atoms with Crippen molar-refractivity contribution in [2.24, 2.45) is 14.1 Å². The molecule has 0 radical (unpaired) electrons. The molecule has 4 heterocycles. The number of carbonyl (C=O) groups excluding carboxylic acids is 2. The molecule has 2 saturated heterocycles. The molecule has 9 heteroatoms. The molecule has 6 rings (SSSR count). The summed E-state index contributed by atoms with van der Waals surface area (Å²) < 4.78 is 3.78. The van der Waals surface area contributed by atoms with Crippen molar-refractivity contribution in [2.75, 3.05) is 26.2 Å². The Morgan fingerprint density at radius 3 is 1.74 bits per heavy atom. The molecule has 0 saturated carbocycles. The van der Waals surface area contributed by atoms with Crippen LogP contribution in [-0.2, 0) is 23.7 Å². The largest absolute Gasteiger partial charge is 0.290 e. The van der Waals surface area contributed by atoms with E-state index in [1.165, 1.54) is 16.1 Å². The molecule has 0 spiro atoms. The van der Waals surface area contributed by atoms with Gasteiger partial charge >= 0.3 is 0 Å². The second-order valence-electron chi connectivity index (χ2n) is 9.16. The van der Waals surface area contributed by atoms with E-state index in [-0.39, 0.29) is 17.9 Å². The van der Waals surface area contributed by atoms with Gasteiger partial charge in [0, 0.05) is 63.9 Å². The lowest BCUT2D eigenvalue weighted by molar-refractivity contribution is -0.160. The van der Waals surface area contributed by atoms with E-state index >= 15 is 0 Å². The van der Waals surface area contributed by atoms with E-state index < -0.39 is 0 Å². The molecule has 0 unspecified atom stereocenters. The Bertz CT molecular complexity index is 1320. The van der Waals surface area contributed by atoms with Crippen LogP contribution in [0.4, 0.5) is 0 Å². The Balaban J connectivity index is 1.35. The lowest BCUT2D eigenvalue weighted by Crippen LogP contribution is -2.55. The molecule has 2 fully saturated rings. The van der Waals surface area contributed by atoms with Gasteiger partial charge in [0.2, 0.25) is 11.8 Å². The van der Waals surface area contributed by atoms with Crippen LogP contribution in [-0.4, -0.2) is 72.5 Å². The second-order valence-corrected chi connectivity index (χ2v) is 9.16. The van der Waals surface area contributed by atoms with Crippen molar-refractivity contribution < 1.29 is 9.59 Å². The molecule has 0 aliphatic carbocycles. The van der Waals surface area contributed by atoms with Crippen molar-refractivity contribution >= 4 is 33.6 Å². The van der Waals surface area contributed by atoms with Crippen molar-refractivity contribution in [3.05, 3.63) is 59.9 Å². The molecule has 174 valence electrons. The summed E-state index contributed by atoms with van der Waals surface area (Å²) in [6.07, 6.45) is 4.45. The highest BCUT2D eigenvalue weighted by atomic mass is 16.2. The van der Waals surface area contributed by atoms with Gasteiger partial charge in [0.15, 0.2) is 0 Å². The number of hydrazine groups is 1. The van der Waals surface area contributed by atoms with Gasteiger partial charge in [0.25, 0.3) is 0 Å². The smallest absolute Gasteiger partial charge is 0.244 e. The van der Waals surface area contributed by atoms with E-state index in [0.29, 0.717) is 25.9 Å². The van der Waals surface area contributed by atoms with Gasteiger partial charge < -0.3 is 0 Å². The van der Waals surface area contributed by atoms with Crippen LogP contribution in [0, 0.1) is 0 Å². The van der Waals surface area contributed by atoms with Gasteiger partial charge in [-0.3, -0.25) is 23.9 Å². The first-order chi connectivity index (χ1) is 16.5. The van der Waals surface area contributed by atoms with Crippen LogP contribution < -0.4 is 0 Å². The maximum atomic E-state index is 12.2. The molecule has 2 amide bonds. The normalized spacial score (nSPS) is 18.3.